The average molecular weight is 463 g/mol. The predicted octanol–water partition coefficient (Wildman–Crippen LogP) is 3.97. The van der Waals surface area contributed by atoms with Gasteiger partial charge in [0.05, 0.1) is 4.91 Å². The highest BCUT2D eigenvalue weighted by atomic mass is 35.5. The van der Waals surface area contributed by atoms with E-state index in [1.807, 2.05) is 0 Å². The summed E-state index contributed by atoms with van der Waals surface area (Å²) >= 11 is 12.3. The third kappa shape index (κ3) is 5.18. The molecule has 3 N–H and O–H groups in total. The fourth-order valence-corrected chi connectivity index (χ4v) is 4.06. The lowest BCUT2D eigenvalue weighted by Crippen LogP contribution is -2.31. The SMILES string of the molecule is O=C(CCN1C(=O)/C(=C/c2ccc(Cl)cc2)SC1=S)Nc1ccc(C(=O)O)c(O)c1. The zero-order valence-electron chi connectivity index (χ0n) is 15.3. The van der Waals surface area contributed by atoms with Gasteiger partial charge in [0.25, 0.3) is 5.91 Å². The summed E-state index contributed by atoms with van der Waals surface area (Å²) in [5.41, 5.74) is 0.788. The zero-order chi connectivity index (χ0) is 21.8. The summed E-state index contributed by atoms with van der Waals surface area (Å²) in [7, 11) is 0. The van der Waals surface area contributed by atoms with Crippen molar-refractivity contribution in [1.29, 1.82) is 0 Å². The number of carbonyl (C=O) groups is 3. The van der Waals surface area contributed by atoms with Crippen molar-refractivity contribution in [2.24, 2.45) is 0 Å². The number of nitrogens with one attached hydrogen (secondary N) is 1. The van der Waals surface area contributed by atoms with Crippen LogP contribution in [0.4, 0.5) is 5.69 Å². The van der Waals surface area contributed by atoms with Crippen molar-refractivity contribution in [3.63, 3.8) is 0 Å². The highest BCUT2D eigenvalue weighted by Gasteiger charge is 2.32. The normalized spacial score (nSPS) is 15.0. The molecule has 1 aliphatic rings. The Balaban J connectivity index is 1.60. The molecule has 1 aliphatic heterocycles. The number of amides is 2. The molecule has 1 heterocycles. The molecule has 1 saturated heterocycles. The van der Waals surface area contributed by atoms with Crippen molar-refractivity contribution < 1.29 is 24.6 Å². The van der Waals surface area contributed by atoms with E-state index in [9.17, 15) is 19.5 Å². The molecule has 0 aromatic heterocycles. The minimum absolute atomic E-state index is 0.0257. The minimum Gasteiger partial charge on any atom is -0.507 e. The van der Waals surface area contributed by atoms with Crippen LogP contribution in [-0.4, -0.2) is 43.8 Å². The molecular formula is C20H15ClN2O5S2. The van der Waals surface area contributed by atoms with Gasteiger partial charge in [-0.2, -0.15) is 0 Å². The van der Waals surface area contributed by atoms with E-state index in [1.54, 1.807) is 30.3 Å². The first-order chi connectivity index (χ1) is 14.2. The van der Waals surface area contributed by atoms with Crippen LogP contribution in [0, 0.1) is 0 Å². The number of hydrogen-bond acceptors (Lipinski definition) is 6. The summed E-state index contributed by atoms with van der Waals surface area (Å²) in [6.45, 7) is 0.0909. The maximum Gasteiger partial charge on any atom is 0.339 e. The van der Waals surface area contributed by atoms with Crippen LogP contribution in [0.3, 0.4) is 0 Å². The van der Waals surface area contributed by atoms with Crippen LogP contribution in [0.25, 0.3) is 6.08 Å². The number of aromatic carboxylic acids is 1. The van der Waals surface area contributed by atoms with Crippen LogP contribution in [0.2, 0.25) is 5.02 Å². The van der Waals surface area contributed by atoms with Crippen molar-refractivity contribution in [3.8, 4) is 5.75 Å². The highest BCUT2D eigenvalue weighted by molar-refractivity contribution is 8.26. The summed E-state index contributed by atoms with van der Waals surface area (Å²) in [5.74, 6) is -2.42. The molecule has 0 saturated carbocycles. The van der Waals surface area contributed by atoms with Crippen molar-refractivity contribution >= 4 is 69.4 Å². The Bertz CT molecular complexity index is 1070. The third-order valence-electron chi connectivity index (χ3n) is 4.12. The van der Waals surface area contributed by atoms with E-state index in [4.69, 9.17) is 28.9 Å². The number of thioether (sulfide) groups is 1. The first kappa shape index (κ1) is 21.8. The molecule has 3 rings (SSSR count). The van der Waals surface area contributed by atoms with Crippen LogP contribution < -0.4 is 5.32 Å². The highest BCUT2D eigenvalue weighted by Crippen LogP contribution is 2.32. The van der Waals surface area contributed by atoms with E-state index in [0.717, 1.165) is 23.4 Å². The monoisotopic (exact) mass is 462 g/mol. The molecule has 1 fully saturated rings. The molecule has 2 amide bonds. The number of thiocarbonyl (C=S) groups is 1. The number of nitrogens with zero attached hydrogens (tertiary/aromatic N) is 1. The Labute approximate surface area is 186 Å². The molecule has 0 bridgehead atoms. The molecule has 0 spiro atoms. The second-order valence-corrected chi connectivity index (χ2v) is 8.33. The summed E-state index contributed by atoms with van der Waals surface area (Å²) in [6, 6.07) is 10.7. The van der Waals surface area contributed by atoms with Crippen LogP contribution in [0.15, 0.2) is 47.4 Å². The fraction of sp³-hybridized carbons (Fsp3) is 0.100. The van der Waals surface area contributed by atoms with Crippen LogP contribution >= 0.6 is 35.6 Å². The second kappa shape index (κ2) is 9.29. The summed E-state index contributed by atoms with van der Waals surface area (Å²) in [6.07, 6.45) is 1.69. The van der Waals surface area contributed by atoms with Gasteiger partial charge in [-0.25, -0.2) is 4.79 Å². The number of phenols is 1. The lowest BCUT2D eigenvalue weighted by molar-refractivity contribution is -0.122. The first-order valence-corrected chi connectivity index (χ1v) is 10.2. The zero-order valence-corrected chi connectivity index (χ0v) is 17.7. The maximum absolute atomic E-state index is 12.6. The fourth-order valence-electron chi connectivity index (χ4n) is 2.63. The number of benzene rings is 2. The third-order valence-corrected chi connectivity index (χ3v) is 5.75. The summed E-state index contributed by atoms with van der Waals surface area (Å²) < 4.78 is 0.358. The Morgan fingerprint density at radius 3 is 2.53 bits per heavy atom. The Morgan fingerprint density at radius 1 is 1.20 bits per heavy atom. The molecule has 7 nitrogen and oxygen atoms in total. The number of aromatic hydroxyl groups is 1. The molecule has 0 atom stereocenters. The molecule has 10 heteroatoms. The van der Waals surface area contributed by atoms with Gasteiger partial charge in [0.1, 0.15) is 15.6 Å². The number of rotatable bonds is 6. The number of carboxylic acids is 1. The van der Waals surface area contributed by atoms with Crippen LogP contribution in [-0.2, 0) is 9.59 Å². The molecule has 154 valence electrons. The van der Waals surface area contributed by atoms with Gasteiger partial charge in [0.2, 0.25) is 5.91 Å². The van der Waals surface area contributed by atoms with Gasteiger partial charge in [-0.15, -0.1) is 0 Å². The van der Waals surface area contributed by atoms with Gasteiger partial charge in [-0.3, -0.25) is 14.5 Å². The Hall–Kier alpha value is -2.88. The van der Waals surface area contributed by atoms with Crippen molar-refractivity contribution in [3.05, 3.63) is 63.5 Å². The predicted molar refractivity (Wildman–Crippen MR) is 120 cm³/mol. The van der Waals surface area contributed by atoms with E-state index < -0.39 is 17.6 Å². The van der Waals surface area contributed by atoms with E-state index in [1.165, 1.54) is 17.0 Å². The van der Waals surface area contributed by atoms with Gasteiger partial charge < -0.3 is 15.5 Å². The van der Waals surface area contributed by atoms with Crippen molar-refractivity contribution in [2.75, 3.05) is 11.9 Å². The van der Waals surface area contributed by atoms with E-state index in [0.29, 0.717) is 14.2 Å². The van der Waals surface area contributed by atoms with Crippen LogP contribution in [0.1, 0.15) is 22.3 Å². The number of halogens is 1. The van der Waals surface area contributed by atoms with Crippen molar-refractivity contribution in [2.45, 2.75) is 6.42 Å². The number of anilines is 1. The van der Waals surface area contributed by atoms with E-state index >= 15 is 0 Å². The summed E-state index contributed by atoms with van der Waals surface area (Å²) in [5, 5.41) is 21.8. The number of carbonyl (C=O) groups excluding carboxylic acids is 2. The molecule has 0 unspecified atom stereocenters. The molecular weight excluding hydrogens is 448 g/mol. The maximum atomic E-state index is 12.6. The average Bonchev–Trinajstić information content (AvgIpc) is 2.94. The van der Waals surface area contributed by atoms with E-state index in [2.05, 4.69) is 5.32 Å². The second-order valence-electron chi connectivity index (χ2n) is 6.22. The molecule has 2 aromatic rings. The van der Waals surface area contributed by atoms with Gasteiger partial charge in [0.15, 0.2) is 0 Å². The topological polar surface area (TPSA) is 107 Å². The Morgan fingerprint density at radius 2 is 1.90 bits per heavy atom. The van der Waals surface area contributed by atoms with Gasteiger partial charge >= 0.3 is 5.97 Å². The van der Waals surface area contributed by atoms with Crippen molar-refractivity contribution in [1.82, 2.24) is 4.90 Å². The molecule has 30 heavy (non-hydrogen) atoms. The van der Waals surface area contributed by atoms with Gasteiger partial charge in [0, 0.05) is 29.7 Å². The lowest BCUT2D eigenvalue weighted by atomic mass is 10.2. The first-order valence-electron chi connectivity index (χ1n) is 8.61. The van der Waals surface area contributed by atoms with Gasteiger partial charge in [-0.05, 0) is 35.9 Å². The number of hydrogen-bond donors (Lipinski definition) is 3. The minimum atomic E-state index is -1.27. The smallest absolute Gasteiger partial charge is 0.339 e. The molecule has 2 aromatic carbocycles. The summed E-state index contributed by atoms with van der Waals surface area (Å²) in [4.78, 5) is 37.5. The quantitative estimate of drug-likeness (QED) is 0.440. The molecule has 0 radical (unpaired) electrons. The van der Waals surface area contributed by atoms with Crippen LogP contribution in [0.5, 0.6) is 5.75 Å². The lowest BCUT2D eigenvalue weighted by Gasteiger charge is -2.14. The largest absolute Gasteiger partial charge is 0.507 e. The molecule has 0 aliphatic carbocycles. The van der Waals surface area contributed by atoms with E-state index in [-0.39, 0.29) is 30.1 Å². The van der Waals surface area contributed by atoms with Gasteiger partial charge in [-0.1, -0.05) is 47.7 Å². The standard InChI is InChI=1S/C20H15ClN2O5S2/c21-12-3-1-11(2-4-12)9-16-18(26)23(20(29)30-16)8-7-17(25)22-13-5-6-14(19(27)28)15(24)10-13/h1-6,9-10,24H,7-8H2,(H,22,25)(H,27,28)/b16-9-. The Kier molecular flexibility index (Phi) is 6.76. The number of carboxylic acid groups (broad SMARTS) is 1.